The summed E-state index contributed by atoms with van der Waals surface area (Å²) in [5.41, 5.74) is -0.897. The van der Waals surface area contributed by atoms with Crippen LogP contribution in [0, 0.1) is 5.92 Å². The van der Waals surface area contributed by atoms with Crippen LogP contribution in [-0.2, 0) is 11.0 Å². The van der Waals surface area contributed by atoms with Gasteiger partial charge in [0.05, 0.1) is 12.8 Å². The van der Waals surface area contributed by atoms with E-state index in [1.165, 1.54) is 6.07 Å². The molecule has 1 aromatic heterocycles. The lowest BCUT2D eigenvalue weighted by Gasteiger charge is -2.41. The Kier molecular flexibility index (Phi) is 5.93. The summed E-state index contributed by atoms with van der Waals surface area (Å²) in [5, 5.41) is 3.15. The first kappa shape index (κ1) is 19.9. The fourth-order valence-corrected chi connectivity index (χ4v) is 4.11. The molecule has 150 valence electrons. The summed E-state index contributed by atoms with van der Waals surface area (Å²) in [4.78, 5) is 20.5. The molecule has 3 rings (SSSR count). The minimum Gasteiger partial charge on any atom is -0.354 e. The number of carbonyl (C=O) groups excluding carboxylic acids is 1. The molecule has 27 heavy (non-hydrogen) atoms. The Bertz CT molecular complexity index is 663. The van der Waals surface area contributed by atoms with E-state index < -0.39 is 11.9 Å². The van der Waals surface area contributed by atoms with Crippen molar-refractivity contribution in [1.82, 2.24) is 14.8 Å². The van der Waals surface area contributed by atoms with Gasteiger partial charge in [-0.3, -0.25) is 9.69 Å². The van der Waals surface area contributed by atoms with Crippen LogP contribution >= 0.6 is 0 Å². The van der Waals surface area contributed by atoms with Gasteiger partial charge in [0.15, 0.2) is 0 Å². The molecular formula is C19H27F3N4O. The van der Waals surface area contributed by atoms with Gasteiger partial charge in [0.25, 0.3) is 0 Å². The van der Waals surface area contributed by atoms with Gasteiger partial charge >= 0.3 is 6.18 Å². The number of fused-ring (bicyclic) bond motifs is 1. The Morgan fingerprint density at radius 1 is 1.26 bits per heavy atom. The molecule has 3 heterocycles. The van der Waals surface area contributed by atoms with E-state index in [9.17, 15) is 18.0 Å². The second-order valence-electron chi connectivity index (χ2n) is 7.36. The third kappa shape index (κ3) is 4.36. The molecule has 5 nitrogen and oxygen atoms in total. The van der Waals surface area contributed by atoms with Crippen LogP contribution < -0.4 is 5.32 Å². The average molecular weight is 384 g/mol. The van der Waals surface area contributed by atoms with Crippen molar-refractivity contribution >= 4 is 11.7 Å². The first-order valence-electron chi connectivity index (χ1n) is 9.68. The predicted octanol–water partition coefficient (Wildman–Crippen LogP) is 3.93. The van der Waals surface area contributed by atoms with Gasteiger partial charge in [-0.15, -0.1) is 0 Å². The van der Waals surface area contributed by atoms with Crippen molar-refractivity contribution in [2.24, 2.45) is 5.92 Å². The van der Waals surface area contributed by atoms with Crippen LogP contribution in [0.2, 0.25) is 0 Å². The lowest BCUT2D eigenvalue weighted by atomic mass is 10.0. The van der Waals surface area contributed by atoms with Gasteiger partial charge in [0, 0.05) is 18.5 Å². The van der Waals surface area contributed by atoms with Crippen LogP contribution in [-0.4, -0.2) is 46.1 Å². The molecule has 1 aromatic rings. The fraction of sp³-hybridized carbons (Fsp3) is 0.684. The first-order chi connectivity index (χ1) is 12.8. The number of aromatic nitrogens is 1. The van der Waals surface area contributed by atoms with E-state index in [1.807, 2.05) is 18.7 Å². The molecule has 8 heteroatoms. The van der Waals surface area contributed by atoms with Crippen LogP contribution in [0.15, 0.2) is 18.2 Å². The summed E-state index contributed by atoms with van der Waals surface area (Å²) in [6, 6.07) is 4.25. The molecule has 0 spiro atoms. The van der Waals surface area contributed by atoms with Crippen molar-refractivity contribution in [1.29, 1.82) is 0 Å². The number of amides is 1. The van der Waals surface area contributed by atoms with Crippen molar-refractivity contribution in [3.8, 4) is 0 Å². The third-order valence-corrected chi connectivity index (χ3v) is 5.71. The fourth-order valence-electron chi connectivity index (χ4n) is 4.11. The summed E-state index contributed by atoms with van der Waals surface area (Å²) < 4.78 is 38.7. The Hall–Kier alpha value is -1.83. The number of alkyl halides is 3. The minimum absolute atomic E-state index is 0.0423. The molecule has 0 bridgehead atoms. The van der Waals surface area contributed by atoms with Gasteiger partial charge in [0.2, 0.25) is 5.91 Å². The number of anilines is 1. The zero-order valence-electron chi connectivity index (χ0n) is 15.8. The largest absolute Gasteiger partial charge is 0.433 e. The van der Waals surface area contributed by atoms with E-state index >= 15 is 0 Å². The van der Waals surface area contributed by atoms with Crippen molar-refractivity contribution in [2.75, 3.05) is 18.5 Å². The smallest absolute Gasteiger partial charge is 0.354 e. The third-order valence-electron chi connectivity index (χ3n) is 5.71. The quantitative estimate of drug-likeness (QED) is 0.836. The highest BCUT2D eigenvalue weighted by Gasteiger charge is 2.40. The summed E-state index contributed by atoms with van der Waals surface area (Å²) in [5.74, 6) is 0.445. The number of rotatable bonds is 5. The molecule has 0 saturated carbocycles. The normalized spacial score (nSPS) is 23.6. The maximum absolute atomic E-state index is 12.9. The van der Waals surface area contributed by atoms with Crippen molar-refractivity contribution in [3.05, 3.63) is 23.9 Å². The first-order valence-corrected chi connectivity index (χ1v) is 9.68. The van der Waals surface area contributed by atoms with E-state index in [1.54, 1.807) is 6.07 Å². The number of carbonyl (C=O) groups is 1. The Morgan fingerprint density at radius 3 is 2.67 bits per heavy atom. The van der Waals surface area contributed by atoms with Crippen LogP contribution in [0.3, 0.4) is 0 Å². The number of pyridine rings is 1. The molecule has 0 aromatic carbocycles. The molecule has 0 aliphatic carbocycles. The summed E-state index contributed by atoms with van der Waals surface area (Å²) >= 11 is 0. The highest BCUT2D eigenvalue weighted by atomic mass is 19.4. The van der Waals surface area contributed by atoms with Gasteiger partial charge in [-0.25, -0.2) is 4.98 Å². The van der Waals surface area contributed by atoms with E-state index in [-0.39, 0.29) is 23.8 Å². The maximum Gasteiger partial charge on any atom is 0.433 e. The van der Waals surface area contributed by atoms with Gasteiger partial charge in [-0.05, 0) is 44.2 Å². The molecule has 0 radical (unpaired) electrons. The number of hydrogen-bond donors (Lipinski definition) is 1. The second-order valence-corrected chi connectivity index (χ2v) is 7.36. The van der Waals surface area contributed by atoms with E-state index in [0.29, 0.717) is 12.7 Å². The molecule has 2 atom stereocenters. The summed E-state index contributed by atoms with van der Waals surface area (Å²) in [6.07, 6.45) is -0.210. The van der Waals surface area contributed by atoms with Crippen LogP contribution in [0.25, 0.3) is 0 Å². The molecule has 2 aliphatic rings. The highest BCUT2D eigenvalue weighted by molar-refractivity contribution is 5.78. The molecule has 2 fully saturated rings. The van der Waals surface area contributed by atoms with Crippen molar-refractivity contribution < 1.29 is 18.0 Å². The van der Waals surface area contributed by atoms with E-state index in [4.69, 9.17) is 0 Å². The van der Waals surface area contributed by atoms with Crippen molar-refractivity contribution in [3.63, 3.8) is 0 Å². The number of nitrogens with zero attached hydrogens (tertiary/aromatic N) is 3. The van der Waals surface area contributed by atoms with Crippen molar-refractivity contribution in [2.45, 2.75) is 64.3 Å². The lowest BCUT2D eigenvalue weighted by molar-refractivity contribution is -0.142. The monoisotopic (exact) mass is 384 g/mol. The summed E-state index contributed by atoms with van der Waals surface area (Å²) in [6.45, 7) is 5.33. The number of nitrogens with one attached hydrogen (secondary N) is 1. The molecule has 2 aliphatic heterocycles. The standard InChI is InChI=1S/C19H27F3N4O/c1-3-13(4-2)18(27)25-11-10-14-8-9-17(26(14)12-25)24-16-7-5-6-15(23-16)19(20,21)22/h5-7,13-14,17H,3-4,8-12H2,1-2H3,(H,23,24)/t14-,17-/m0/s1. The van der Waals surface area contributed by atoms with Crippen LogP contribution in [0.1, 0.15) is 51.6 Å². The number of hydrogen-bond acceptors (Lipinski definition) is 4. The predicted molar refractivity (Wildman–Crippen MR) is 96.8 cm³/mol. The Balaban J connectivity index is 1.69. The van der Waals surface area contributed by atoms with Crippen LogP contribution in [0.5, 0.6) is 0 Å². The molecule has 1 amide bonds. The Morgan fingerprint density at radius 2 is 2.00 bits per heavy atom. The summed E-state index contributed by atoms with van der Waals surface area (Å²) in [7, 11) is 0. The zero-order chi connectivity index (χ0) is 19.6. The maximum atomic E-state index is 12.9. The zero-order valence-corrected chi connectivity index (χ0v) is 15.8. The van der Waals surface area contributed by atoms with Crippen LogP contribution in [0.4, 0.5) is 19.0 Å². The van der Waals surface area contributed by atoms with E-state index in [2.05, 4.69) is 15.2 Å². The lowest BCUT2D eigenvalue weighted by Crippen LogP contribution is -2.55. The topological polar surface area (TPSA) is 48.5 Å². The van der Waals surface area contributed by atoms with Gasteiger partial charge in [-0.1, -0.05) is 19.9 Å². The molecule has 0 unspecified atom stereocenters. The minimum atomic E-state index is -4.46. The molecule has 2 saturated heterocycles. The van der Waals surface area contributed by atoms with Gasteiger partial charge < -0.3 is 10.2 Å². The van der Waals surface area contributed by atoms with E-state index in [0.717, 1.165) is 44.7 Å². The molecule has 1 N–H and O–H groups in total. The number of halogens is 3. The molecular weight excluding hydrogens is 357 g/mol. The van der Waals surface area contributed by atoms with Gasteiger partial charge in [0.1, 0.15) is 11.5 Å². The average Bonchev–Trinajstić information content (AvgIpc) is 3.04. The van der Waals surface area contributed by atoms with Gasteiger partial charge in [-0.2, -0.15) is 13.2 Å². The highest BCUT2D eigenvalue weighted by Crippen LogP contribution is 2.32. The second kappa shape index (κ2) is 8.04. The SMILES string of the molecule is CCC(CC)C(=O)N1CC[C@@H]2CC[C@@H](Nc3cccc(C(F)(F)F)n3)N2C1. The Labute approximate surface area is 157 Å².